The van der Waals surface area contributed by atoms with Gasteiger partial charge in [-0.2, -0.15) is 0 Å². The van der Waals surface area contributed by atoms with E-state index >= 15 is 0 Å². The van der Waals surface area contributed by atoms with Crippen molar-refractivity contribution in [3.05, 3.63) is 106 Å². The summed E-state index contributed by atoms with van der Waals surface area (Å²) in [4.78, 5) is 26.0. The van der Waals surface area contributed by atoms with Gasteiger partial charge in [0.1, 0.15) is 11.7 Å². The Balaban J connectivity index is 1.46. The summed E-state index contributed by atoms with van der Waals surface area (Å²) >= 11 is 5.52. The number of nitrogens with zero attached hydrogens (tertiary/aromatic N) is 2. The normalized spacial score (nSPS) is 15.1. The summed E-state index contributed by atoms with van der Waals surface area (Å²) in [5.41, 5.74) is 7.89. The zero-order chi connectivity index (χ0) is 23.9. The molecule has 1 aliphatic rings. The lowest BCUT2D eigenvalue weighted by Gasteiger charge is -2.29. The van der Waals surface area contributed by atoms with Gasteiger partial charge in [-0.3, -0.25) is 25.8 Å². The van der Waals surface area contributed by atoms with E-state index in [1.165, 1.54) is 6.07 Å². The SMILES string of the molecule is O=C(NC(c1ccccc1)c1ccccc1)C1CCCN1C(=S)NNc1ccccc1[N+](=O)[O-]. The van der Waals surface area contributed by atoms with E-state index in [1.807, 2.05) is 65.6 Å². The van der Waals surface area contributed by atoms with Gasteiger partial charge in [-0.1, -0.05) is 72.8 Å². The number of nitro groups is 1. The number of para-hydroxylation sites is 2. The Hall–Kier alpha value is -3.98. The molecule has 1 fully saturated rings. The second kappa shape index (κ2) is 10.8. The van der Waals surface area contributed by atoms with Gasteiger partial charge in [0.15, 0.2) is 5.11 Å². The molecule has 0 spiro atoms. The maximum Gasteiger partial charge on any atom is 0.294 e. The largest absolute Gasteiger partial charge is 0.343 e. The summed E-state index contributed by atoms with van der Waals surface area (Å²) in [7, 11) is 0. The molecule has 9 heteroatoms. The van der Waals surface area contributed by atoms with E-state index in [0.717, 1.165) is 17.5 Å². The summed E-state index contributed by atoms with van der Waals surface area (Å²) < 4.78 is 0. The average molecular weight is 476 g/mol. The van der Waals surface area contributed by atoms with E-state index in [9.17, 15) is 14.9 Å². The number of nitrogens with one attached hydrogen (secondary N) is 3. The number of likely N-dealkylation sites (tertiary alicyclic amines) is 1. The Morgan fingerprint density at radius 3 is 2.18 bits per heavy atom. The van der Waals surface area contributed by atoms with Gasteiger partial charge >= 0.3 is 0 Å². The first-order chi connectivity index (χ1) is 16.5. The van der Waals surface area contributed by atoms with Crippen molar-refractivity contribution in [1.29, 1.82) is 0 Å². The van der Waals surface area contributed by atoms with Gasteiger partial charge in [-0.05, 0) is 42.3 Å². The van der Waals surface area contributed by atoms with Gasteiger partial charge in [0.2, 0.25) is 5.91 Å². The van der Waals surface area contributed by atoms with E-state index in [0.29, 0.717) is 23.8 Å². The Kier molecular flexibility index (Phi) is 7.34. The van der Waals surface area contributed by atoms with Crippen LogP contribution in [0.3, 0.4) is 0 Å². The average Bonchev–Trinajstić information content (AvgIpc) is 3.37. The van der Waals surface area contributed by atoms with Crippen molar-refractivity contribution in [3.63, 3.8) is 0 Å². The number of rotatable bonds is 7. The standard InChI is InChI=1S/C25H25N5O3S/c31-24(26-23(18-10-3-1-4-11-18)19-12-5-2-6-13-19)22-16-9-17-29(22)25(34)28-27-20-14-7-8-15-21(20)30(32)33/h1-8,10-15,22-23,27H,9,16-17H2,(H,26,31)(H,28,34). The lowest BCUT2D eigenvalue weighted by Crippen LogP contribution is -2.51. The van der Waals surface area contributed by atoms with Crippen molar-refractivity contribution in [3.8, 4) is 0 Å². The molecule has 1 atom stereocenters. The number of anilines is 1. The third kappa shape index (κ3) is 5.32. The van der Waals surface area contributed by atoms with Crippen molar-refractivity contribution >= 4 is 34.6 Å². The number of hydrogen-bond acceptors (Lipinski definition) is 5. The predicted octanol–water partition coefficient (Wildman–Crippen LogP) is 4.17. The molecule has 0 aromatic heterocycles. The zero-order valence-electron chi connectivity index (χ0n) is 18.4. The molecule has 8 nitrogen and oxygen atoms in total. The smallest absolute Gasteiger partial charge is 0.294 e. The molecule has 1 saturated heterocycles. The predicted molar refractivity (Wildman–Crippen MR) is 135 cm³/mol. The highest BCUT2D eigenvalue weighted by Gasteiger charge is 2.34. The van der Waals surface area contributed by atoms with Crippen molar-refractivity contribution in [2.24, 2.45) is 0 Å². The molecule has 0 bridgehead atoms. The second-order valence-electron chi connectivity index (χ2n) is 7.94. The van der Waals surface area contributed by atoms with Crippen LogP contribution in [0.5, 0.6) is 0 Å². The van der Waals surface area contributed by atoms with E-state index < -0.39 is 11.0 Å². The summed E-state index contributed by atoms with van der Waals surface area (Å²) in [5, 5.41) is 14.8. The van der Waals surface area contributed by atoms with E-state index in [4.69, 9.17) is 12.2 Å². The molecular weight excluding hydrogens is 450 g/mol. The Morgan fingerprint density at radius 1 is 0.971 bits per heavy atom. The van der Waals surface area contributed by atoms with Crippen LogP contribution in [0.25, 0.3) is 0 Å². The van der Waals surface area contributed by atoms with Crippen LogP contribution in [0, 0.1) is 10.1 Å². The highest BCUT2D eigenvalue weighted by Crippen LogP contribution is 2.25. The van der Waals surface area contributed by atoms with Crippen molar-refractivity contribution in [1.82, 2.24) is 15.6 Å². The van der Waals surface area contributed by atoms with Crippen LogP contribution >= 0.6 is 12.2 Å². The maximum absolute atomic E-state index is 13.4. The number of thiocarbonyl (C=S) groups is 1. The topological polar surface area (TPSA) is 99.5 Å². The first-order valence-corrected chi connectivity index (χ1v) is 11.4. The minimum atomic E-state index is -0.466. The van der Waals surface area contributed by atoms with Crippen LogP contribution < -0.4 is 16.2 Å². The molecule has 1 aliphatic heterocycles. The van der Waals surface area contributed by atoms with Crippen LogP contribution in [0.15, 0.2) is 84.9 Å². The summed E-state index contributed by atoms with van der Waals surface area (Å²) in [5.74, 6) is -0.120. The molecule has 34 heavy (non-hydrogen) atoms. The second-order valence-corrected chi connectivity index (χ2v) is 8.33. The molecule has 3 aromatic rings. The van der Waals surface area contributed by atoms with E-state index in [2.05, 4.69) is 16.2 Å². The van der Waals surface area contributed by atoms with Crippen LogP contribution in [-0.2, 0) is 4.79 Å². The molecule has 1 heterocycles. The first-order valence-electron chi connectivity index (χ1n) is 11.0. The number of hydrogen-bond donors (Lipinski definition) is 3. The quantitative estimate of drug-likeness (QED) is 0.268. The first kappa shape index (κ1) is 23.2. The zero-order valence-corrected chi connectivity index (χ0v) is 19.2. The fourth-order valence-corrected chi connectivity index (χ4v) is 4.37. The third-order valence-corrected chi connectivity index (χ3v) is 6.11. The fraction of sp³-hybridized carbons (Fsp3) is 0.200. The summed E-state index contributed by atoms with van der Waals surface area (Å²) in [6.07, 6.45) is 1.47. The number of hydrazine groups is 1. The lowest BCUT2D eigenvalue weighted by atomic mass is 9.98. The Labute approximate surface area is 203 Å². The van der Waals surface area contributed by atoms with Gasteiger partial charge in [-0.25, -0.2) is 0 Å². The minimum absolute atomic E-state index is 0.0675. The van der Waals surface area contributed by atoms with Crippen LogP contribution in [0.2, 0.25) is 0 Å². The molecule has 174 valence electrons. The van der Waals surface area contributed by atoms with E-state index in [-0.39, 0.29) is 17.6 Å². The number of nitro benzene ring substituents is 1. The molecule has 4 rings (SSSR count). The molecule has 0 radical (unpaired) electrons. The Bertz CT molecular complexity index is 1120. The van der Waals surface area contributed by atoms with E-state index in [1.54, 1.807) is 18.2 Å². The van der Waals surface area contributed by atoms with Gasteiger partial charge < -0.3 is 10.2 Å². The van der Waals surface area contributed by atoms with Crippen LogP contribution in [0.4, 0.5) is 11.4 Å². The highest BCUT2D eigenvalue weighted by atomic mass is 32.1. The monoisotopic (exact) mass is 475 g/mol. The molecule has 0 saturated carbocycles. The summed E-state index contributed by atoms with van der Waals surface area (Å²) in [6.45, 7) is 0.615. The van der Waals surface area contributed by atoms with Crippen molar-refractivity contribution in [2.75, 3.05) is 12.0 Å². The van der Waals surface area contributed by atoms with Gasteiger partial charge in [-0.15, -0.1) is 0 Å². The van der Waals surface area contributed by atoms with Gasteiger partial charge in [0, 0.05) is 12.6 Å². The minimum Gasteiger partial charge on any atom is -0.343 e. The Morgan fingerprint density at radius 2 is 1.56 bits per heavy atom. The van der Waals surface area contributed by atoms with Crippen LogP contribution in [-0.4, -0.2) is 33.4 Å². The highest BCUT2D eigenvalue weighted by molar-refractivity contribution is 7.80. The number of benzene rings is 3. The molecule has 1 amide bonds. The molecule has 3 aromatic carbocycles. The van der Waals surface area contributed by atoms with Gasteiger partial charge in [0.25, 0.3) is 5.69 Å². The molecule has 0 aliphatic carbocycles. The van der Waals surface area contributed by atoms with Gasteiger partial charge in [0.05, 0.1) is 11.0 Å². The fourth-order valence-electron chi connectivity index (χ4n) is 4.10. The van der Waals surface area contributed by atoms with Crippen LogP contribution in [0.1, 0.15) is 30.0 Å². The molecular formula is C25H25N5O3S. The molecule has 3 N–H and O–H groups in total. The van der Waals surface area contributed by atoms with Crippen molar-refractivity contribution < 1.29 is 9.72 Å². The third-order valence-electron chi connectivity index (χ3n) is 5.77. The maximum atomic E-state index is 13.4. The number of carbonyl (C=O) groups excluding carboxylic acids is 1. The van der Waals surface area contributed by atoms with Crippen molar-refractivity contribution in [2.45, 2.75) is 24.9 Å². The number of amides is 1. The lowest BCUT2D eigenvalue weighted by molar-refractivity contribution is -0.384. The summed E-state index contributed by atoms with van der Waals surface area (Å²) in [6, 6.07) is 25.2. The number of carbonyl (C=O) groups is 1. The molecule has 1 unspecified atom stereocenters.